The molecule has 8 nitrogen and oxygen atoms in total. The van der Waals surface area contributed by atoms with E-state index >= 15 is 0 Å². The van der Waals surface area contributed by atoms with E-state index in [-0.39, 0.29) is 0 Å². The molecule has 0 aliphatic carbocycles. The lowest BCUT2D eigenvalue weighted by Gasteiger charge is -2.30. The van der Waals surface area contributed by atoms with Crippen LogP contribution >= 0.6 is 0 Å². The molecule has 0 atom stereocenters. The summed E-state index contributed by atoms with van der Waals surface area (Å²) >= 11 is 0. The molecule has 138 valence electrons. The summed E-state index contributed by atoms with van der Waals surface area (Å²) in [5.41, 5.74) is 0. The highest BCUT2D eigenvalue weighted by molar-refractivity contribution is 6.68. The van der Waals surface area contributed by atoms with E-state index in [1.54, 1.807) is 28.3 Å². The topological polar surface area (TPSA) is 73.8 Å². The highest BCUT2D eigenvalue weighted by Crippen LogP contribution is 2.24. The molecule has 23 heavy (non-hydrogen) atoms. The molecule has 0 N–H and O–H groups in total. The zero-order valence-corrected chi connectivity index (χ0v) is 16.0. The number of ether oxygens (including phenoxy) is 5. The third kappa shape index (κ3) is 8.11. The van der Waals surface area contributed by atoms with Gasteiger partial charge in [-0.3, -0.25) is 0 Å². The van der Waals surface area contributed by atoms with Gasteiger partial charge in [0.05, 0.1) is 59.1 Å². The molecule has 0 saturated carbocycles. The maximum atomic E-state index is 5.95. The highest BCUT2D eigenvalue weighted by atomic mass is 28.4. The molecule has 0 aromatic carbocycles. The van der Waals surface area contributed by atoms with Gasteiger partial charge in [0.25, 0.3) is 5.95 Å². The molecule has 0 rings (SSSR count). The fraction of sp³-hybridized carbons (Fsp3) is 0.857. The molecule has 0 spiro atoms. The lowest BCUT2D eigenvalue weighted by atomic mass is 10.7. The van der Waals surface area contributed by atoms with E-state index in [0.717, 1.165) is 0 Å². The van der Waals surface area contributed by atoms with Crippen LogP contribution < -0.4 is 0 Å². The Morgan fingerprint density at radius 1 is 0.609 bits per heavy atom. The SMILES string of the molecule is COCCO[Si](OCCOC)(OCCOC)C(C)=C(OC)OC. The Labute approximate surface area is 139 Å². The van der Waals surface area contributed by atoms with Crippen LogP contribution in [0.15, 0.2) is 11.1 Å². The quantitative estimate of drug-likeness (QED) is 0.245. The second-order valence-corrected chi connectivity index (χ2v) is 7.13. The van der Waals surface area contributed by atoms with Gasteiger partial charge in [-0.1, -0.05) is 0 Å². The van der Waals surface area contributed by atoms with Crippen molar-refractivity contribution in [2.24, 2.45) is 0 Å². The van der Waals surface area contributed by atoms with E-state index in [2.05, 4.69) is 0 Å². The van der Waals surface area contributed by atoms with Gasteiger partial charge in [0.2, 0.25) is 0 Å². The van der Waals surface area contributed by atoms with Gasteiger partial charge >= 0.3 is 8.80 Å². The highest BCUT2D eigenvalue weighted by Gasteiger charge is 2.47. The van der Waals surface area contributed by atoms with Gasteiger partial charge in [-0.05, 0) is 6.92 Å². The molecule has 0 aliphatic rings. The van der Waals surface area contributed by atoms with Crippen LogP contribution in [-0.2, 0) is 37.0 Å². The van der Waals surface area contributed by atoms with Gasteiger partial charge in [0.15, 0.2) is 0 Å². The molecule has 0 aromatic rings. The molecular formula is C14H30O8Si. The third-order valence-corrected chi connectivity index (χ3v) is 5.75. The van der Waals surface area contributed by atoms with E-state index in [9.17, 15) is 0 Å². The molecule has 0 radical (unpaired) electrons. The van der Waals surface area contributed by atoms with Crippen molar-refractivity contribution < 1.29 is 37.0 Å². The lowest BCUT2D eigenvalue weighted by Crippen LogP contribution is -2.50. The van der Waals surface area contributed by atoms with Crippen LogP contribution in [0.2, 0.25) is 0 Å². The minimum absolute atomic E-state index is 0.309. The summed E-state index contributed by atoms with van der Waals surface area (Å²) in [6, 6.07) is 0. The number of methoxy groups -OCH3 is 5. The summed E-state index contributed by atoms with van der Waals surface area (Å²) in [7, 11) is 4.60. The predicted molar refractivity (Wildman–Crippen MR) is 86.0 cm³/mol. The molecule has 0 unspecified atom stereocenters. The fourth-order valence-electron chi connectivity index (χ4n) is 1.74. The number of hydrogen-bond acceptors (Lipinski definition) is 8. The van der Waals surface area contributed by atoms with Crippen molar-refractivity contribution in [1.82, 2.24) is 0 Å². The summed E-state index contributed by atoms with van der Waals surface area (Å²) in [6.45, 7) is 4.01. The molecule has 9 heteroatoms. The van der Waals surface area contributed by atoms with Crippen LogP contribution in [0.5, 0.6) is 0 Å². The molecule has 0 fully saturated rings. The summed E-state index contributed by atoms with van der Waals surface area (Å²) in [5, 5.41) is 0.644. The molecule has 0 saturated heterocycles. The first kappa shape index (κ1) is 22.3. The summed E-state index contributed by atoms with van der Waals surface area (Å²) in [4.78, 5) is 0. The van der Waals surface area contributed by atoms with Crippen LogP contribution in [-0.4, -0.2) is 84.0 Å². The molecule has 0 bridgehead atoms. The van der Waals surface area contributed by atoms with Crippen molar-refractivity contribution in [3.8, 4) is 0 Å². The molecule has 0 heterocycles. The largest absolute Gasteiger partial charge is 0.540 e. The van der Waals surface area contributed by atoms with Gasteiger partial charge in [0, 0.05) is 21.3 Å². The van der Waals surface area contributed by atoms with Crippen molar-refractivity contribution in [2.75, 3.05) is 75.2 Å². The average molecular weight is 354 g/mol. The van der Waals surface area contributed by atoms with E-state index in [0.29, 0.717) is 50.8 Å². The maximum absolute atomic E-state index is 5.95. The van der Waals surface area contributed by atoms with Gasteiger partial charge in [-0.25, -0.2) is 0 Å². The first-order valence-corrected chi connectivity index (χ1v) is 9.02. The van der Waals surface area contributed by atoms with E-state index in [4.69, 9.17) is 37.0 Å². The first-order chi connectivity index (χ1) is 11.1. The second-order valence-electron chi connectivity index (χ2n) is 4.40. The Morgan fingerprint density at radius 2 is 0.957 bits per heavy atom. The van der Waals surface area contributed by atoms with E-state index in [1.807, 2.05) is 0 Å². The Hall–Kier alpha value is -0.683. The summed E-state index contributed by atoms with van der Waals surface area (Å²) in [6.07, 6.45) is 0. The first-order valence-electron chi connectivity index (χ1n) is 7.29. The Morgan fingerprint density at radius 3 is 1.22 bits per heavy atom. The Bertz CT molecular complexity index is 291. The second kappa shape index (κ2) is 13.7. The zero-order chi connectivity index (χ0) is 17.6. The molecular weight excluding hydrogens is 324 g/mol. The molecule has 0 aliphatic heterocycles. The van der Waals surface area contributed by atoms with Crippen LogP contribution in [0, 0.1) is 0 Å². The van der Waals surface area contributed by atoms with Crippen LogP contribution in [0.4, 0.5) is 0 Å². The third-order valence-electron chi connectivity index (χ3n) is 2.87. The van der Waals surface area contributed by atoms with Crippen molar-refractivity contribution >= 4 is 8.80 Å². The van der Waals surface area contributed by atoms with Crippen molar-refractivity contribution in [3.63, 3.8) is 0 Å². The average Bonchev–Trinajstić information content (AvgIpc) is 2.56. The van der Waals surface area contributed by atoms with Gasteiger partial charge in [-0.15, -0.1) is 0 Å². The standard InChI is InChI=1S/C14H30O8Si/c1-13(14(18-5)19-6)23(20-10-7-15-2,21-11-8-16-3)22-12-9-17-4/h7-12H2,1-6H3. The van der Waals surface area contributed by atoms with Gasteiger partial charge in [-0.2, -0.15) is 0 Å². The normalized spacial score (nSPS) is 11.4. The monoisotopic (exact) mass is 354 g/mol. The maximum Gasteiger partial charge on any atom is 0.540 e. The van der Waals surface area contributed by atoms with E-state index < -0.39 is 8.80 Å². The van der Waals surface area contributed by atoms with Crippen LogP contribution in [0.1, 0.15) is 6.92 Å². The summed E-state index contributed by atoms with van der Waals surface area (Å²) < 4.78 is 43.5. The van der Waals surface area contributed by atoms with Crippen LogP contribution in [0.3, 0.4) is 0 Å². The van der Waals surface area contributed by atoms with Gasteiger partial charge < -0.3 is 37.0 Å². The minimum Gasteiger partial charge on any atom is -0.469 e. The van der Waals surface area contributed by atoms with Crippen LogP contribution in [0.25, 0.3) is 0 Å². The number of hydrogen-bond donors (Lipinski definition) is 0. The van der Waals surface area contributed by atoms with Crippen molar-refractivity contribution in [1.29, 1.82) is 0 Å². The number of rotatable bonds is 15. The van der Waals surface area contributed by atoms with Gasteiger partial charge in [0.1, 0.15) is 0 Å². The Balaban J connectivity index is 5.35. The minimum atomic E-state index is -3.23. The van der Waals surface area contributed by atoms with Crippen molar-refractivity contribution in [3.05, 3.63) is 11.1 Å². The number of allylic oxidation sites excluding steroid dienone is 1. The predicted octanol–water partition coefficient (Wildman–Crippen LogP) is 0.978. The van der Waals surface area contributed by atoms with E-state index in [1.165, 1.54) is 14.2 Å². The lowest BCUT2D eigenvalue weighted by molar-refractivity contribution is 0.0161. The Kier molecular flexibility index (Phi) is 13.3. The zero-order valence-electron chi connectivity index (χ0n) is 15.0. The van der Waals surface area contributed by atoms with Crippen molar-refractivity contribution in [2.45, 2.75) is 6.92 Å². The fourth-order valence-corrected chi connectivity index (χ4v) is 4.15. The smallest absolute Gasteiger partial charge is 0.469 e. The molecule has 0 aromatic heterocycles. The summed E-state index contributed by atoms with van der Waals surface area (Å²) in [5.74, 6) is 0.309. The molecule has 0 amide bonds.